The summed E-state index contributed by atoms with van der Waals surface area (Å²) >= 11 is 11.9. The number of ether oxygens (including phenoxy) is 2. The van der Waals surface area contributed by atoms with Gasteiger partial charge < -0.3 is 14.8 Å². The highest BCUT2D eigenvalue weighted by Crippen LogP contribution is 2.30. The van der Waals surface area contributed by atoms with Crippen molar-refractivity contribution in [3.05, 3.63) is 57.6 Å². The normalized spacial score (nSPS) is 17.9. The molecule has 2 atom stereocenters. The molecule has 0 unspecified atom stereocenters. The van der Waals surface area contributed by atoms with Gasteiger partial charge in [0.2, 0.25) is 15.9 Å². The second-order valence-electron chi connectivity index (χ2n) is 8.04. The molecule has 0 spiro atoms. The Bertz CT molecular complexity index is 1110. The van der Waals surface area contributed by atoms with Crippen LogP contribution < -0.4 is 14.8 Å². The standard InChI is InChI=1S/C23H28Cl2N2O5S/c1-15(19-12-18(31-2)7-9-22(19)32-3)26-23(28)17-5-4-10-27(13-17)33(29,30)14-16-6-8-20(24)21(25)11-16/h6-9,11-12,15,17H,4-5,10,13-14H2,1-3H3,(H,26,28)/t15-,17-/m0/s1. The van der Waals surface area contributed by atoms with Crippen LogP contribution in [0.25, 0.3) is 0 Å². The first-order valence-corrected chi connectivity index (χ1v) is 12.9. The number of nitrogens with one attached hydrogen (secondary N) is 1. The molecule has 1 heterocycles. The van der Waals surface area contributed by atoms with Gasteiger partial charge in [-0.05, 0) is 55.7 Å². The van der Waals surface area contributed by atoms with Gasteiger partial charge in [0.1, 0.15) is 11.5 Å². The lowest BCUT2D eigenvalue weighted by molar-refractivity contribution is -0.126. The summed E-state index contributed by atoms with van der Waals surface area (Å²) in [5.41, 5.74) is 1.33. The monoisotopic (exact) mass is 514 g/mol. The molecule has 0 bridgehead atoms. The first-order valence-electron chi connectivity index (χ1n) is 10.6. The average Bonchev–Trinajstić information content (AvgIpc) is 2.80. The molecule has 0 saturated carbocycles. The molecular formula is C23H28Cl2N2O5S. The van der Waals surface area contributed by atoms with Gasteiger partial charge in [-0.15, -0.1) is 0 Å². The van der Waals surface area contributed by atoms with Gasteiger partial charge in [0.15, 0.2) is 0 Å². The number of hydrogen-bond donors (Lipinski definition) is 1. The van der Waals surface area contributed by atoms with Crippen molar-refractivity contribution in [3.63, 3.8) is 0 Å². The summed E-state index contributed by atoms with van der Waals surface area (Å²) in [4.78, 5) is 13.0. The number of benzene rings is 2. The molecule has 1 fully saturated rings. The molecule has 1 aliphatic rings. The van der Waals surface area contributed by atoms with Gasteiger partial charge in [-0.25, -0.2) is 12.7 Å². The van der Waals surface area contributed by atoms with Gasteiger partial charge in [0, 0.05) is 18.7 Å². The van der Waals surface area contributed by atoms with Gasteiger partial charge in [-0.1, -0.05) is 29.3 Å². The van der Waals surface area contributed by atoms with E-state index in [-0.39, 0.29) is 24.2 Å². The number of nitrogens with zero attached hydrogens (tertiary/aromatic N) is 1. The molecule has 0 radical (unpaired) electrons. The number of hydrogen-bond acceptors (Lipinski definition) is 5. The van der Waals surface area contributed by atoms with Crippen LogP contribution in [0.2, 0.25) is 10.0 Å². The van der Waals surface area contributed by atoms with Crippen LogP contribution in [0.3, 0.4) is 0 Å². The molecule has 10 heteroatoms. The number of amides is 1. The molecule has 1 amide bonds. The van der Waals surface area contributed by atoms with Crippen LogP contribution >= 0.6 is 23.2 Å². The molecule has 0 aliphatic carbocycles. The minimum Gasteiger partial charge on any atom is -0.497 e. The first kappa shape index (κ1) is 25.6. The summed E-state index contributed by atoms with van der Waals surface area (Å²) < 4.78 is 38.1. The van der Waals surface area contributed by atoms with Gasteiger partial charge in [-0.3, -0.25) is 4.79 Å². The van der Waals surface area contributed by atoms with E-state index in [9.17, 15) is 13.2 Å². The number of carbonyl (C=O) groups excluding carboxylic acids is 1. The molecule has 2 aromatic carbocycles. The Kier molecular flexibility index (Phi) is 8.50. The van der Waals surface area contributed by atoms with E-state index < -0.39 is 15.9 Å². The summed E-state index contributed by atoms with van der Waals surface area (Å²) in [5, 5.41) is 3.68. The van der Waals surface area contributed by atoms with Crippen molar-refractivity contribution in [2.24, 2.45) is 5.92 Å². The van der Waals surface area contributed by atoms with Crippen LogP contribution in [0.4, 0.5) is 0 Å². The average molecular weight is 515 g/mol. The molecule has 3 rings (SSSR count). The highest BCUT2D eigenvalue weighted by molar-refractivity contribution is 7.88. The summed E-state index contributed by atoms with van der Waals surface area (Å²) in [6, 6.07) is 9.82. The quantitative estimate of drug-likeness (QED) is 0.563. The molecule has 33 heavy (non-hydrogen) atoms. The van der Waals surface area contributed by atoms with E-state index >= 15 is 0 Å². The lowest BCUT2D eigenvalue weighted by Crippen LogP contribution is -2.46. The van der Waals surface area contributed by atoms with Crippen molar-refractivity contribution in [1.29, 1.82) is 0 Å². The van der Waals surface area contributed by atoms with E-state index in [0.717, 1.165) is 5.56 Å². The Balaban J connectivity index is 1.68. The summed E-state index contributed by atoms with van der Waals surface area (Å²) in [6.45, 7) is 2.38. The number of rotatable bonds is 8. The van der Waals surface area contributed by atoms with Crippen molar-refractivity contribution < 1.29 is 22.7 Å². The third-order valence-electron chi connectivity index (χ3n) is 5.74. The second-order valence-corrected chi connectivity index (χ2v) is 10.8. The topological polar surface area (TPSA) is 84.9 Å². The molecule has 1 saturated heterocycles. The third kappa shape index (κ3) is 6.32. The zero-order valence-electron chi connectivity index (χ0n) is 18.8. The second kappa shape index (κ2) is 11.0. The summed E-state index contributed by atoms with van der Waals surface area (Å²) in [5.74, 6) is 0.459. The molecule has 180 valence electrons. The van der Waals surface area contributed by atoms with E-state index in [4.69, 9.17) is 32.7 Å². The lowest BCUT2D eigenvalue weighted by atomic mass is 9.97. The Morgan fingerprint density at radius 2 is 1.91 bits per heavy atom. The zero-order chi connectivity index (χ0) is 24.2. The first-order chi connectivity index (χ1) is 15.6. The van der Waals surface area contributed by atoms with Crippen molar-refractivity contribution in [1.82, 2.24) is 9.62 Å². The predicted octanol–water partition coefficient (Wildman–Crippen LogP) is 4.43. The Morgan fingerprint density at radius 3 is 2.58 bits per heavy atom. The Hall–Kier alpha value is -2.00. The van der Waals surface area contributed by atoms with Crippen molar-refractivity contribution in [2.45, 2.75) is 31.6 Å². The predicted molar refractivity (Wildman–Crippen MR) is 129 cm³/mol. The molecule has 0 aromatic heterocycles. The molecule has 1 aliphatic heterocycles. The number of halogens is 2. The fourth-order valence-electron chi connectivity index (χ4n) is 3.93. The molecule has 1 N–H and O–H groups in total. The highest BCUT2D eigenvalue weighted by Gasteiger charge is 2.33. The maximum Gasteiger partial charge on any atom is 0.224 e. The van der Waals surface area contributed by atoms with E-state index in [1.807, 2.05) is 13.0 Å². The van der Waals surface area contributed by atoms with Crippen LogP contribution in [0.5, 0.6) is 11.5 Å². The van der Waals surface area contributed by atoms with Gasteiger partial charge >= 0.3 is 0 Å². The maximum absolute atomic E-state index is 13.0. The highest BCUT2D eigenvalue weighted by atomic mass is 35.5. The summed E-state index contributed by atoms with van der Waals surface area (Å²) in [6.07, 6.45) is 1.22. The van der Waals surface area contributed by atoms with E-state index in [0.29, 0.717) is 46.5 Å². The fraction of sp³-hybridized carbons (Fsp3) is 0.435. The minimum absolute atomic E-state index is 0.136. The molecular weight excluding hydrogens is 487 g/mol. The van der Waals surface area contributed by atoms with Gasteiger partial charge in [-0.2, -0.15) is 0 Å². The van der Waals surface area contributed by atoms with Crippen LogP contribution in [0.15, 0.2) is 36.4 Å². The fourth-order valence-corrected chi connectivity index (χ4v) is 5.85. The molecule has 2 aromatic rings. The Morgan fingerprint density at radius 1 is 1.15 bits per heavy atom. The zero-order valence-corrected chi connectivity index (χ0v) is 21.1. The van der Waals surface area contributed by atoms with Crippen LogP contribution in [0.1, 0.15) is 36.9 Å². The van der Waals surface area contributed by atoms with Crippen molar-refractivity contribution in [2.75, 3.05) is 27.3 Å². The number of carbonyl (C=O) groups is 1. The lowest BCUT2D eigenvalue weighted by Gasteiger charge is -2.32. The van der Waals surface area contributed by atoms with Crippen LogP contribution in [-0.4, -0.2) is 45.9 Å². The number of piperidine rings is 1. The summed E-state index contributed by atoms with van der Waals surface area (Å²) in [7, 11) is -0.477. The van der Waals surface area contributed by atoms with Crippen molar-refractivity contribution in [3.8, 4) is 11.5 Å². The van der Waals surface area contributed by atoms with Crippen molar-refractivity contribution >= 4 is 39.1 Å². The van der Waals surface area contributed by atoms with Gasteiger partial charge in [0.25, 0.3) is 0 Å². The maximum atomic E-state index is 13.0. The van der Waals surface area contributed by atoms with E-state index in [1.165, 1.54) is 4.31 Å². The number of sulfonamides is 1. The Labute approximate surface area is 205 Å². The van der Waals surface area contributed by atoms with Crippen LogP contribution in [-0.2, 0) is 20.6 Å². The van der Waals surface area contributed by atoms with Crippen LogP contribution in [0, 0.1) is 5.92 Å². The third-order valence-corrected chi connectivity index (χ3v) is 8.30. The van der Waals surface area contributed by atoms with E-state index in [2.05, 4.69) is 5.32 Å². The SMILES string of the molecule is COc1ccc(OC)c([C@H](C)NC(=O)[C@H]2CCCN(S(=O)(=O)Cc3ccc(Cl)c(Cl)c3)C2)c1. The minimum atomic E-state index is -3.62. The van der Waals surface area contributed by atoms with Gasteiger partial charge in [0.05, 0.1) is 42.0 Å². The largest absolute Gasteiger partial charge is 0.497 e. The molecule has 7 nitrogen and oxygen atoms in total. The number of methoxy groups -OCH3 is 2. The smallest absolute Gasteiger partial charge is 0.224 e. The van der Waals surface area contributed by atoms with E-state index in [1.54, 1.807) is 44.6 Å².